The summed E-state index contributed by atoms with van der Waals surface area (Å²) in [5.41, 5.74) is 0.273. The van der Waals surface area contributed by atoms with Crippen LogP contribution in [0.4, 0.5) is 5.82 Å². The number of thiophene rings is 1. The molecule has 0 unspecified atom stereocenters. The van der Waals surface area contributed by atoms with E-state index in [1.54, 1.807) is 40.4 Å². The number of sulfone groups is 1. The van der Waals surface area contributed by atoms with Crippen molar-refractivity contribution in [3.8, 4) is 0 Å². The Labute approximate surface area is 157 Å². The molecule has 0 aliphatic carbocycles. The van der Waals surface area contributed by atoms with Gasteiger partial charge in [0.05, 0.1) is 17.6 Å². The summed E-state index contributed by atoms with van der Waals surface area (Å²) in [6, 6.07) is 9.63. The van der Waals surface area contributed by atoms with Crippen molar-refractivity contribution in [2.45, 2.75) is 11.4 Å². The number of anilines is 1. The van der Waals surface area contributed by atoms with E-state index in [0.717, 1.165) is 15.6 Å². The third-order valence-electron chi connectivity index (χ3n) is 3.41. The minimum absolute atomic E-state index is 0.108. The molecular formula is C16H14BrN3O3S2. The third-order valence-corrected chi connectivity index (χ3v) is 6.20. The first-order valence-corrected chi connectivity index (χ1v) is 10.8. The smallest absolute Gasteiger partial charge is 0.256 e. The van der Waals surface area contributed by atoms with E-state index in [2.05, 4.69) is 26.3 Å². The van der Waals surface area contributed by atoms with Gasteiger partial charge in [-0.2, -0.15) is 5.10 Å². The van der Waals surface area contributed by atoms with Crippen molar-refractivity contribution in [1.29, 1.82) is 0 Å². The fourth-order valence-corrected chi connectivity index (χ4v) is 4.30. The molecule has 0 radical (unpaired) electrons. The van der Waals surface area contributed by atoms with E-state index in [9.17, 15) is 13.2 Å². The van der Waals surface area contributed by atoms with Gasteiger partial charge in [-0.05, 0) is 40.2 Å². The van der Waals surface area contributed by atoms with Gasteiger partial charge in [-0.3, -0.25) is 4.79 Å². The van der Waals surface area contributed by atoms with E-state index >= 15 is 0 Å². The fourth-order valence-electron chi connectivity index (χ4n) is 2.21. The summed E-state index contributed by atoms with van der Waals surface area (Å²) >= 11 is 5.00. The zero-order valence-electron chi connectivity index (χ0n) is 13.1. The first kappa shape index (κ1) is 17.8. The van der Waals surface area contributed by atoms with E-state index < -0.39 is 9.84 Å². The molecule has 3 aromatic rings. The highest BCUT2D eigenvalue weighted by Gasteiger charge is 2.14. The Kier molecular flexibility index (Phi) is 5.07. The quantitative estimate of drug-likeness (QED) is 0.660. The van der Waals surface area contributed by atoms with Gasteiger partial charge in [-0.1, -0.05) is 6.07 Å². The van der Waals surface area contributed by atoms with Gasteiger partial charge in [-0.25, -0.2) is 13.1 Å². The van der Waals surface area contributed by atoms with Crippen LogP contribution in [-0.2, 0) is 16.4 Å². The highest BCUT2D eigenvalue weighted by Crippen LogP contribution is 2.22. The van der Waals surface area contributed by atoms with Crippen molar-refractivity contribution >= 4 is 48.8 Å². The second kappa shape index (κ2) is 7.11. The Morgan fingerprint density at radius 1 is 1.32 bits per heavy atom. The van der Waals surface area contributed by atoms with Crippen molar-refractivity contribution in [2.24, 2.45) is 0 Å². The lowest BCUT2D eigenvalue weighted by molar-refractivity contribution is 0.102. The van der Waals surface area contributed by atoms with E-state index in [-0.39, 0.29) is 16.4 Å². The van der Waals surface area contributed by atoms with Crippen molar-refractivity contribution in [2.75, 3.05) is 11.6 Å². The molecule has 130 valence electrons. The SMILES string of the molecule is CS(=O)(=O)c1cccc(C(=O)Nc2ccnn2Cc2cc(Br)cs2)c1. The van der Waals surface area contributed by atoms with Gasteiger partial charge in [0.2, 0.25) is 0 Å². The summed E-state index contributed by atoms with van der Waals surface area (Å²) < 4.78 is 26.0. The topological polar surface area (TPSA) is 81.1 Å². The van der Waals surface area contributed by atoms with Crippen LogP contribution in [0.2, 0.25) is 0 Å². The van der Waals surface area contributed by atoms with Crippen LogP contribution < -0.4 is 5.32 Å². The molecule has 25 heavy (non-hydrogen) atoms. The van der Waals surface area contributed by atoms with Gasteiger partial charge < -0.3 is 5.32 Å². The summed E-state index contributed by atoms with van der Waals surface area (Å²) in [5.74, 6) is 0.152. The number of carbonyl (C=O) groups excluding carboxylic acids is 1. The summed E-state index contributed by atoms with van der Waals surface area (Å²) in [6.45, 7) is 0.530. The molecule has 1 amide bonds. The number of benzene rings is 1. The van der Waals surface area contributed by atoms with Gasteiger partial charge in [0.1, 0.15) is 5.82 Å². The van der Waals surface area contributed by atoms with Crippen LogP contribution >= 0.6 is 27.3 Å². The molecule has 3 rings (SSSR count). The maximum Gasteiger partial charge on any atom is 0.256 e. The number of rotatable bonds is 5. The van der Waals surface area contributed by atoms with Crippen molar-refractivity contribution in [3.05, 3.63) is 62.9 Å². The van der Waals surface area contributed by atoms with Gasteiger partial charge in [0, 0.05) is 32.6 Å². The van der Waals surface area contributed by atoms with Crippen LogP contribution in [-0.4, -0.2) is 30.4 Å². The molecular weight excluding hydrogens is 426 g/mol. The molecule has 0 spiro atoms. The lowest BCUT2D eigenvalue weighted by Crippen LogP contribution is -2.16. The summed E-state index contributed by atoms with van der Waals surface area (Å²) in [5, 5.41) is 8.97. The van der Waals surface area contributed by atoms with Crippen LogP contribution in [0.25, 0.3) is 0 Å². The van der Waals surface area contributed by atoms with Gasteiger partial charge >= 0.3 is 0 Å². The van der Waals surface area contributed by atoms with Crippen molar-refractivity contribution in [1.82, 2.24) is 9.78 Å². The van der Waals surface area contributed by atoms with Crippen LogP contribution in [0.3, 0.4) is 0 Å². The maximum atomic E-state index is 12.4. The number of aromatic nitrogens is 2. The molecule has 1 aromatic carbocycles. The Morgan fingerprint density at radius 3 is 2.80 bits per heavy atom. The zero-order valence-corrected chi connectivity index (χ0v) is 16.4. The molecule has 6 nitrogen and oxygen atoms in total. The Bertz CT molecular complexity index is 1020. The minimum Gasteiger partial charge on any atom is -0.307 e. The number of halogens is 1. The molecule has 0 atom stereocenters. The van der Waals surface area contributed by atoms with E-state index in [1.807, 2.05) is 11.4 Å². The zero-order chi connectivity index (χ0) is 18.0. The molecule has 0 aliphatic heterocycles. The summed E-state index contributed by atoms with van der Waals surface area (Å²) in [6.07, 6.45) is 2.71. The second-order valence-electron chi connectivity index (χ2n) is 5.36. The largest absolute Gasteiger partial charge is 0.307 e. The van der Waals surface area contributed by atoms with E-state index in [1.165, 1.54) is 12.1 Å². The monoisotopic (exact) mass is 439 g/mol. The standard InChI is InChI=1S/C16H14BrN3O3S2/c1-25(22,23)14-4-2-3-11(7-14)16(21)19-15-5-6-18-20(15)9-13-8-12(17)10-24-13/h2-8,10H,9H2,1H3,(H,19,21). The van der Waals surface area contributed by atoms with E-state index in [4.69, 9.17) is 0 Å². The molecule has 2 aromatic heterocycles. The molecule has 0 aliphatic rings. The average molecular weight is 440 g/mol. The average Bonchev–Trinajstić information content (AvgIpc) is 3.16. The summed E-state index contributed by atoms with van der Waals surface area (Å²) in [7, 11) is -3.37. The van der Waals surface area contributed by atoms with Crippen molar-refractivity contribution in [3.63, 3.8) is 0 Å². The number of nitrogens with zero attached hydrogens (tertiary/aromatic N) is 2. The number of hydrogen-bond acceptors (Lipinski definition) is 5. The maximum absolute atomic E-state index is 12.4. The van der Waals surface area contributed by atoms with E-state index in [0.29, 0.717) is 12.4 Å². The number of amides is 1. The molecule has 0 saturated carbocycles. The van der Waals surface area contributed by atoms with Crippen molar-refractivity contribution < 1.29 is 13.2 Å². The van der Waals surface area contributed by atoms with Gasteiger partial charge in [0.25, 0.3) is 5.91 Å². The predicted molar refractivity (Wildman–Crippen MR) is 101 cm³/mol. The van der Waals surface area contributed by atoms with Crippen LogP contribution in [0, 0.1) is 0 Å². The number of hydrogen-bond donors (Lipinski definition) is 1. The predicted octanol–water partition coefficient (Wildman–Crippen LogP) is 3.41. The molecule has 2 heterocycles. The molecule has 1 N–H and O–H groups in total. The molecule has 0 fully saturated rings. The van der Waals surface area contributed by atoms with Gasteiger partial charge in [0.15, 0.2) is 9.84 Å². The Hall–Kier alpha value is -1.97. The van der Waals surface area contributed by atoms with Crippen LogP contribution in [0.1, 0.15) is 15.2 Å². The normalized spacial score (nSPS) is 11.4. The number of nitrogens with one attached hydrogen (secondary N) is 1. The highest BCUT2D eigenvalue weighted by atomic mass is 79.9. The first-order valence-electron chi connectivity index (χ1n) is 7.19. The molecule has 0 saturated heterocycles. The lowest BCUT2D eigenvalue weighted by atomic mass is 10.2. The second-order valence-corrected chi connectivity index (χ2v) is 9.29. The van der Waals surface area contributed by atoms with Gasteiger partial charge in [-0.15, -0.1) is 11.3 Å². The Morgan fingerprint density at radius 2 is 2.12 bits per heavy atom. The summed E-state index contributed by atoms with van der Waals surface area (Å²) in [4.78, 5) is 13.6. The Balaban J connectivity index is 1.79. The molecule has 0 bridgehead atoms. The number of carbonyl (C=O) groups is 1. The lowest BCUT2D eigenvalue weighted by Gasteiger charge is -2.09. The highest BCUT2D eigenvalue weighted by molar-refractivity contribution is 9.10. The first-order chi connectivity index (χ1) is 11.8. The fraction of sp³-hybridized carbons (Fsp3) is 0.125. The van der Waals surface area contributed by atoms with Crippen LogP contribution in [0.5, 0.6) is 0 Å². The minimum atomic E-state index is -3.37. The molecule has 9 heteroatoms. The third kappa shape index (κ3) is 4.36. The van der Waals surface area contributed by atoms with Crippen LogP contribution in [0.15, 0.2) is 57.3 Å².